The molecule has 0 spiro atoms. The molecule has 0 radical (unpaired) electrons. The van der Waals surface area contributed by atoms with Gasteiger partial charge in [0.05, 0.1) is 5.69 Å². The number of aromatic nitrogens is 3. The second-order valence-corrected chi connectivity index (χ2v) is 7.88. The topological polar surface area (TPSA) is 58.6 Å². The number of aromatic amines is 1. The van der Waals surface area contributed by atoms with E-state index in [2.05, 4.69) is 23.0 Å². The molecule has 5 heteroatoms. The first-order chi connectivity index (χ1) is 11.7. The van der Waals surface area contributed by atoms with Crippen molar-refractivity contribution in [3.8, 4) is 0 Å². The number of H-pyrrole nitrogens is 1. The van der Waals surface area contributed by atoms with Crippen LogP contribution in [0.25, 0.3) is 0 Å². The van der Waals surface area contributed by atoms with Gasteiger partial charge in [-0.1, -0.05) is 24.6 Å². The Balaban J connectivity index is 1.58. The average molecular weight is 341 g/mol. The number of pyridine rings is 1. The number of fused-ring (bicyclic) bond motifs is 1. The molecule has 0 amide bonds. The molecule has 1 N–H and O–H groups in total. The monoisotopic (exact) mass is 341 g/mol. The third-order valence-corrected chi connectivity index (χ3v) is 6.24. The lowest BCUT2D eigenvalue weighted by Gasteiger charge is -2.16. The largest absolute Gasteiger partial charge is 0.301 e. The molecule has 0 unspecified atom stereocenters. The van der Waals surface area contributed by atoms with Crippen LogP contribution in [0.1, 0.15) is 66.1 Å². The van der Waals surface area contributed by atoms with Crippen molar-refractivity contribution in [2.45, 2.75) is 68.7 Å². The molecule has 24 heavy (non-hydrogen) atoms. The summed E-state index contributed by atoms with van der Waals surface area (Å²) in [6, 6.07) is 2.09. The predicted molar refractivity (Wildman–Crippen MR) is 96.6 cm³/mol. The molecular weight excluding hydrogens is 318 g/mol. The van der Waals surface area contributed by atoms with Gasteiger partial charge in [0.25, 0.3) is 5.56 Å². The Labute approximate surface area is 146 Å². The summed E-state index contributed by atoms with van der Waals surface area (Å²) < 4.78 is 0. The third-order valence-electron chi connectivity index (χ3n) is 5.34. The minimum atomic E-state index is 0.0546. The molecule has 1 fully saturated rings. The van der Waals surface area contributed by atoms with E-state index in [0.717, 1.165) is 41.4 Å². The number of nitrogens with one attached hydrogen (secondary N) is 1. The van der Waals surface area contributed by atoms with Crippen LogP contribution in [0.2, 0.25) is 0 Å². The third kappa shape index (κ3) is 3.02. The predicted octanol–water partition coefficient (Wildman–Crippen LogP) is 3.91. The quantitative estimate of drug-likeness (QED) is 0.676. The number of hydrogen-bond donors (Lipinski definition) is 1. The van der Waals surface area contributed by atoms with E-state index in [1.54, 1.807) is 11.8 Å². The van der Waals surface area contributed by atoms with Gasteiger partial charge in [-0.15, -0.1) is 0 Å². The summed E-state index contributed by atoms with van der Waals surface area (Å²) in [5, 5.41) is 0.751. The minimum absolute atomic E-state index is 0.0546. The van der Waals surface area contributed by atoms with Gasteiger partial charge < -0.3 is 4.98 Å². The van der Waals surface area contributed by atoms with Gasteiger partial charge in [-0.2, -0.15) is 0 Å². The van der Waals surface area contributed by atoms with E-state index < -0.39 is 0 Å². The molecule has 4 rings (SSSR count). The minimum Gasteiger partial charge on any atom is -0.301 e. The summed E-state index contributed by atoms with van der Waals surface area (Å²) >= 11 is 1.63. The van der Waals surface area contributed by atoms with E-state index in [0.29, 0.717) is 5.92 Å². The smallest absolute Gasteiger partial charge is 0.254 e. The zero-order chi connectivity index (χ0) is 16.5. The zero-order valence-corrected chi connectivity index (χ0v) is 14.9. The van der Waals surface area contributed by atoms with Crippen LogP contribution < -0.4 is 5.56 Å². The van der Waals surface area contributed by atoms with Crippen LogP contribution in [0.5, 0.6) is 0 Å². The molecule has 2 aromatic heterocycles. The van der Waals surface area contributed by atoms with Crippen LogP contribution in [-0.2, 0) is 18.6 Å². The number of thioether (sulfide) groups is 1. The molecule has 126 valence electrons. The van der Waals surface area contributed by atoms with Crippen molar-refractivity contribution in [3.05, 3.63) is 50.7 Å². The number of nitrogens with zero attached hydrogens (tertiary/aromatic N) is 2. The standard InChI is InChI=1S/C19H23N3OS/c1-12-9-10-20-17(13-5-2-3-6-13)15(12)11-24-19-21-16-8-4-7-14(16)18(23)22-19/h9-10,13H,2-8,11H2,1H3,(H,21,22,23). The summed E-state index contributed by atoms with van der Waals surface area (Å²) in [7, 11) is 0. The maximum atomic E-state index is 12.2. The van der Waals surface area contributed by atoms with E-state index in [1.807, 2.05) is 6.20 Å². The van der Waals surface area contributed by atoms with Crippen molar-refractivity contribution in [2.24, 2.45) is 0 Å². The summed E-state index contributed by atoms with van der Waals surface area (Å²) in [5.74, 6) is 1.43. The average Bonchev–Trinajstić information content (AvgIpc) is 3.25. The van der Waals surface area contributed by atoms with Crippen LogP contribution in [0.4, 0.5) is 0 Å². The molecule has 0 saturated heterocycles. The Morgan fingerprint density at radius 3 is 2.92 bits per heavy atom. The fourth-order valence-corrected chi connectivity index (χ4v) is 4.97. The fraction of sp³-hybridized carbons (Fsp3) is 0.526. The van der Waals surface area contributed by atoms with Gasteiger partial charge in [0.15, 0.2) is 5.16 Å². The molecule has 2 heterocycles. The first-order valence-corrected chi connectivity index (χ1v) is 9.90. The Bertz CT molecular complexity index is 809. The maximum absolute atomic E-state index is 12.2. The molecule has 0 atom stereocenters. The Morgan fingerprint density at radius 1 is 1.25 bits per heavy atom. The van der Waals surface area contributed by atoms with Gasteiger partial charge in [0.2, 0.25) is 0 Å². The second-order valence-electron chi connectivity index (χ2n) is 6.91. The highest BCUT2D eigenvalue weighted by atomic mass is 32.2. The lowest BCUT2D eigenvalue weighted by Crippen LogP contribution is -2.15. The zero-order valence-electron chi connectivity index (χ0n) is 14.1. The Hall–Kier alpha value is -1.62. The molecule has 1 saturated carbocycles. The molecule has 0 aromatic carbocycles. The number of rotatable bonds is 4. The second kappa shape index (κ2) is 6.71. The highest BCUT2D eigenvalue weighted by molar-refractivity contribution is 7.98. The van der Waals surface area contributed by atoms with Gasteiger partial charge in [0.1, 0.15) is 0 Å². The summed E-state index contributed by atoms with van der Waals surface area (Å²) in [6.45, 7) is 2.16. The molecule has 2 aromatic rings. The maximum Gasteiger partial charge on any atom is 0.254 e. The van der Waals surface area contributed by atoms with E-state index in [-0.39, 0.29) is 5.56 Å². The van der Waals surface area contributed by atoms with Gasteiger partial charge in [-0.25, -0.2) is 4.98 Å². The number of hydrogen-bond acceptors (Lipinski definition) is 4. The van der Waals surface area contributed by atoms with Crippen LogP contribution in [-0.4, -0.2) is 15.0 Å². The van der Waals surface area contributed by atoms with Gasteiger partial charge in [-0.05, 0) is 56.2 Å². The van der Waals surface area contributed by atoms with Crippen molar-refractivity contribution >= 4 is 11.8 Å². The summed E-state index contributed by atoms with van der Waals surface area (Å²) in [6.07, 6.45) is 9.92. The number of aryl methyl sites for hydroxylation is 2. The SMILES string of the molecule is Cc1ccnc(C2CCCC2)c1CSc1nc2c(c(=O)[nH]1)CCC2. The van der Waals surface area contributed by atoms with Gasteiger partial charge in [-0.3, -0.25) is 9.78 Å². The molecule has 0 bridgehead atoms. The summed E-state index contributed by atoms with van der Waals surface area (Å²) in [5.41, 5.74) is 5.84. The molecular formula is C19H23N3OS. The normalized spacial score (nSPS) is 17.4. The lowest BCUT2D eigenvalue weighted by atomic mass is 9.97. The van der Waals surface area contributed by atoms with Crippen LogP contribution in [0.15, 0.2) is 22.2 Å². The first-order valence-electron chi connectivity index (χ1n) is 8.91. The highest BCUT2D eigenvalue weighted by Crippen LogP contribution is 2.37. The Morgan fingerprint density at radius 2 is 2.08 bits per heavy atom. The van der Waals surface area contributed by atoms with Gasteiger partial charge >= 0.3 is 0 Å². The molecule has 2 aliphatic rings. The first kappa shape index (κ1) is 15.9. The van der Waals surface area contributed by atoms with Crippen LogP contribution >= 0.6 is 11.8 Å². The van der Waals surface area contributed by atoms with Crippen LogP contribution in [0.3, 0.4) is 0 Å². The Kier molecular flexibility index (Phi) is 4.44. The highest BCUT2D eigenvalue weighted by Gasteiger charge is 2.23. The molecule has 0 aliphatic heterocycles. The lowest BCUT2D eigenvalue weighted by molar-refractivity contribution is 0.688. The van der Waals surface area contributed by atoms with E-state index in [9.17, 15) is 4.79 Å². The summed E-state index contributed by atoms with van der Waals surface area (Å²) in [4.78, 5) is 24.5. The van der Waals surface area contributed by atoms with Crippen molar-refractivity contribution < 1.29 is 0 Å². The van der Waals surface area contributed by atoms with E-state index in [1.165, 1.54) is 42.5 Å². The fourth-order valence-electron chi connectivity index (χ4n) is 3.98. The van der Waals surface area contributed by atoms with Crippen molar-refractivity contribution in [3.63, 3.8) is 0 Å². The van der Waals surface area contributed by atoms with Crippen molar-refractivity contribution in [2.75, 3.05) is 0 Å². The van der Waals surface area contributed by atoms with E-state index in [4.69, 9.17) is 4.98 Å². The molecule has 2 aliphatic carbocycles. The van der Waals surface area contributed by atoms with Crippen LogP contribution in [0, 0.1) is 6.92 Å². The van der Waals surface area contributed by atoms with Crippen molar-refractivity contribution in [1.82, 2.24) is 15.0 Å². The van der Waals surface area contributed by atoms with Crippen molar-refractivity contribution in [1.29, 1.82) is 0 Å². The van der Waals surface area contributed by atoms with Gasteiger partial charge in [0, 0.05) is 29.1 Å². The van der Waals surface area contributed by atoms with E-state index >= 15 is 0 Å². The molecule has 4 nitrogen and oxygen atoms in total.